The first-order valence-electron chi connectivity index (χ1n) is 47.0. The van der Waals surface area contributed by atoms with Gasteiger partial charge in [-0.2, -0.15) is 30.6 Å². The van der Waals surface area contributed by atoms with Crippen molar-refractivity contribution >= 4 is 214 Å². The molecular weight excluding hydrogens is 2070 g/mol. The minimum absolute atomic E-state index is 0.0947. The van der Waals surface area contributed by atoms with E-state index in [0.29, 0.717) is 236 Å². The minimum atomic E-state index is -0.311. The number of hydrogen-bond donors (Lipinski definition) is 7. The number of carbonyl (C=O) groups excluding carboxylic acids is 1. The van der Waals surface area contributed by atoms with Crippen LogP contribution in [-0.4, -0.2) is 400 Å². The molecule has 142 heavy (non-hydrogen) atoms. The second-order valence-corrected chi connectivity index (χ2v) is 38.8. The van der Waals surface area contributed by atoms with E-state index >= 15 is 0 Å². The molecule has 1 saturated carbocycles. The molecule has 762 valence electrons. The van der Waals surface area contributed by atoms with Crippen LogP contribution in [-0.2, 0) is 4.79 Å². The average Bonchev–Trinajstić information content (AvgIpc) is 1.22. The lowest BCUT2D eigenvalue weighted by atomic mass is 10.1. The van der Waals surface area contributed by atoms with Crippen LogP contribution in [0.25, 0.3) is 0 Å². The molecule has 0 radical (unpaired) electrons. The van der Waals surface area contributed by atoms with Crippen LogP contribution in [0.3, 0.4) is 0 Å². The maximum Gasteiger partial charge on any atom is 0.219 e. The highest BCUT2D eigenvalue weighted by Gasteiger charge is 2.34. The van der Waals surface area contributed by atoms with Gasteiger partial charge in [0.15, 0.2) is 30.7 Å². The van der Waals surface area contributed by atoms with Crippen molar-refractivity contribution in [1.29, 1.82) is 0 Å². The monoisotopic (exact) mass is 2180 g/mol. The number of piperazine rings is 6. The van der Waals surface area contributed by atoms with Crippen molar-refractivity contribution in [3.05, 3.63) is 151 Å². The molecule has 18 heterocycles. The molecule has 7 N–H and O–H groups in total. The van der Waals surface area contributed by atoms with E-state index in [1.54, 1.807) is 80.5 Å². The van der Waals surface area contributed by atoms with Gasteiger partial charge in [0.1, 0.15) is 75.3 Å². The lowest BCUT2D eigenvalue weighted by Gasteiger charge is -2.35. The molecule has 13 aliphatic rings. The van der Waals surface area contributed by atoms with Gasteiger partial charge in [-0.05, 0) is 98.9 Å². The summed E-state index contributed by atoms with van der Waals surface area (Å²) in [6.45, 7) is 33.9. The van der Waals surface area contributed by atoms with E-state index in [-0.39, 0.29) is 19.2 Å². The number of fused-ring (bicyclic) bond motifs is 6. The highest BCUT2D eigenvalue weighted by Crippen LogP contribution is 2.34. The first-order chi connectivity index (χ1) is 68.9. The predicted octanol–water partition coefficient (Wildman–Crippen LogP) is 9.12. The summed E-state index contributed by atoms with van der Waals surface area (Å²) in [6, 6.07) is 11.3. The zero-order valence-electron chi connectivity index (χ0n) is 78.8. The third-order valence-electron chi connectivity index (χ3n) is 24.6. The summed E-state index contributed by atoms with van der Waals surface area (Å²) in [5.41, 5.74) is 27.1. The topological polar surface area (TPSA) is 355 Å². The van der Waals surface area contributed by atoms with E-state index in [2.05, 4.69) is 151 Å². The summed E-state index contributed by atoms with van der Waals surface area (Å²) in [6.07, 6.45) is 18.2. The molecule has 6 aromatic rings. The van der Waals surface area contributed by atoms with Gasteiger partial charge in [0.2, 0.25) is 5.91 Å². The van der Waals surface area contributed by atoms with Crippen LogP contribution in [0.5, 0.6) is 34.5 Å². The number of amides is 1. The summed E-state index contributed by atoms with van der Waals surface area (Å²) in [7, 11) is 0. The largest absolute Gasteiger partial charge is 0.491 e. The van der Waals surface area contributed by atoms with Crippen molar-refractivity contribution < 1.29 is 42.7 Å². The molecule has 0 spiro atoms. The summed E-state index contributed by atoms with van der Waals surface area (Å²) >= 11 is 68.3. The third kappa shape index (κ3) is 31.4. The number of thiocarbonyl (C=S) groups is 6. The summed E-state index contributed by atoms with van der Waals surface area (Å²) < 4.78 is 45.8. The lowest BCUT2D eigenvalue weighted by Crippen LogP contribution is -2.52. The number of ether oxygens (including phenoxy) is 6. The zero-order valence-corrected chi connectivity index (χ0v) is 88.3. The SMILES string of the molecule is C=CN1CCN(C(=S)N/N=C2/CCOc3cc(Cl)cnc32)CC1.CC(=O)N1CCN(C(=S)N/N=C2/CCOc3cc(Cl)cnc32)CC1.CCN1CCN(C(=S)N/N=C2/CCOc3cc(Cl)cnc32)CC1.FCCN1CCN(C(=S)N/N=C2/CCOc3cc(Cl)cnc32)CC1.OCCN1CCN(C(=S)N/N=C2/CCOc3cc(Cl)cnc32)CC1.S=C(N/N=C1/CCOc2cc(Cl)cnc21)N1CCN(C2CC2)CC1. The fraction of sp³-hybridized carbons (Fsp3) is 0.505. The fourth-order valence-corrected chi connectivity index (χ4v) is 18.7. The smallest absolute Gasteiger partial charge is 0.219 e. The van der Waals surface area contributed by atoms with Crippen LogP contribution < -0.4 is 61.0 Å². The standard InChI is InChI=1S/C16H20ClN5OS.C15H19ClFN5OS.C15H18ClN5O2S.C15H20ClN5O2S.C15H20ClN5OS.C15H18ClN5OS/c17-11-9-14-15(18-10-11)13(3-8-23-14)19-20-16(24)22-6-4-21(5-7-22)12-1-2-12;16-11-9-13-14(18-10-11)12(1-8-23-13)19-20-15(24)22-6-4-21(3-2-17)5-7-22;1-10(22)20-3-5-21(6-4-20)15(24)19-18-12-2-7-23-13-8-11(16)9-17-14(12)13;16-11-9-13-14(17-10-11)12(1-8-23-13)18-19-15(24)21-4-2-20(3-5-21)6-7-22;2*1-2-20-4-6-21(7-5-20)15(23)19-18-12-3-8-22-13-9-11(16)10-17-14(12)13/h9-10,12H,1-8H2,(H,20,24);9-10H,1-8H2,(H,20,24);8-9H,2-7H2,1H3,(H,19,24);9-10,22H,1-8H2,(H,19,24);9-10H,2-8H2,1H3,(H,19,23);2,9-10H,1,3-8H2,(H,19,23)/b19-13-;19-12-;4*18-12-. The number of aromatic nitrogens is 6. The Bertz CT molecular complexity index is 5520. The van der Waals surface area contributed by atoms with Crippen LogP contribution in [0.15, 0.2) is 117 Å². The highest BCUT2D eigenvalue weighted by atomic mass is 35.5. The molecule has 1 aliphatic carbocycles. The summed E-state index contributed by atoms with van der Waals surface area (Å²) in [5.74, 6) is 4.03. The number of halogens is 7. The number of aliphatic hydroxyl groups is 1. The van der Waals surface area contributed by atoms with E-state index in [4.69, 9.17) is 176 Å². The molecule has 6 saturated heterocycles. The van der Waals surface area contributed by atoms with E-state index in [1.165, 1.54) is 12.8 Å². The molecule has 0 aromatic carbocycles. The number of pyridine rings is 6. The van der Waals surface area contributed by atoms with Crippen molar-refractivity contribution in [3.8, 4) is 34.5 Å². The van der Waals surface area contributed by atoms with Gasteiger partial charge >= 0.3 is 0 Å². The number of β-amino-alcohol motifs (C(OH)–C–C–N with tert-alkyl or cyclic N) is 1. The Balaban J connectivity index is 0.000000135. The third-order valence-corrected chi connectivity index (χ3v) is 28.0. The molecule has 0 bridgehead atoms. The molecule has 7 fully saturated rings. The van der Waals surface area contributed by atoms with E-state index in [1.807, 2.05) is 20.9 Å². The zero-order chi connectivity index (χ0) is 100.0. The maximum absolute atomic E-state index is 12.4. The second kappa shape index (κ2) is 54.5. The average molecular weight is 2180 g/mol. The van der Waals surface area contributed by atoms with Crippen molar-refractivity contribution in [1.82, 2.24) is 121 Å². The number of carbonyl (C=O) groups is 1. The number of hydrazone groups is 6. The van der Waals surface area contributed by atoms with Gasteiger partial charge < -0.3 is 77.6 Å². The van der Waals surface area contributed by atoms with Gasteiger partial charge in [0.05, 0.1) is 111 Å². The Morgan fingerprint density at radius 3 is 0.824 bits per heavy atom. The molecule has 51 heteroatoms. The predicted molar refractivity (Wildman–Crippen MR) is 576 cm³/mol. The molecule has 12 aliphatic heterocycles. The Morgan fingerprint density at radius 2 is 0.599 bits per heavy atom. The number of aliphatic hydroxyl groups excluding tert-OH is 1. The van der Waals surface area contributed by atoms with Crippen molar-refractivity contribution in [2.75, 3.05) is 230 Å². The summed E-state index contributed by atoms with van der Waals surface area (Å²) in [5, 5.41) is 42.6. The number of nitrogens with one attached hydrogen (secondary N) is 6. The molecule has 0 unspecified atom stereocenters. The normalized spacial score (nSPS) is 20.1. The van der Waals surface area contributed by atoms with Crippen LogP contribution >= 0.6 is 143 Å². The number of hydrogen-bond acceptors (Lipinski definition) is 31. The molecule has 0 atom stereocenters. The first-order valence-corrected chi connectivity index (χ1v) is 51.8. The van der Waals surface area contributed by atoms with Crippen LogP contribution in [0.1, 0.15) is 99.4 Å². The van der Waals surface area contributed by atoms with E-state index in [0.717, 1.165) is 189 Å². The summed E-state index contributed by atoms with van der Waals surface area (Å²) in [4.78, 5) is 63.1. The van der Waals surface area contributed by atoms with Crippen LogP contribution in [0.2, 0.25) is 30.1 Å². The molecule has 38 nitrogen and oxygen atoms in total. The highest BCUT2D eigenvalue weighted by molar-refractivity contribution is 7.81. The van der Waals surface area contributed by atoms with Crippen molar-refractivity contribution in [3.63, 3.8) is 0 Å². The maximum atomic E-state index is 12.4. The second-order valence-electron chi connectivity index (χ2n) is 33.9. The number of nitrogens with zero attached hydrogens (tertiary/aromatic N) is 24. The number of rotatable bonds is 13. The van der Waals surface area contributed by atoms with Gasteiger partial charge in [0, 0.05) is 295 Å². The Labute approximate surface area is 887 Å². The van der Waals surface area contributed by atoms with Crippen LogP contribution in [0.4, 0.5) is 4.39 Å². The van der Waals surface area contributed by atoms with Gasteiger partial charge in [-0.3, -0.25) is 52.0 Å². The Hall–Kier alpha value is -9.66. The molecule has 6 aromatic heterocycles. The van der Waals surface area contributed by atoms with Gasteiger partial charge in [-0.15, -0.1) is 0 Å². The molecular formula is C91H115Cl6FN30O8S6. The number of alkyl halides is 1. The first kappa shape index (κ1) is 108. The van der Waals surface area contributed by atoms with Gasteiger partial charge in [-0.25, -0.2) is 34.3 Å². The fourth-order valence-electron chi connectivity index (χ4n) is 16.4. The van der Waals surface area contributed by atoms with Crippen LogP contribution in [0, 0.1) is 0 Å². The lowest BCUT2D eigenvalue weighted by molar-refractivity contribution is -0.130. The molecule has 1 amide bonds. The minimum Gasteiger partial charge on any atom is -0.491 e. The van der Waals surface area contributed by atoms with Crippen molar-refractivity contribution in [2.24, 2.45) is 30.6 Å². The van der Waals surface area contributed by atoms with E-state index in [9.17, 15) is 9.18 Å². The number of likely N-dealkylation sites (N-methyl/N-ethyl adjacent to an activating group) is 1. The van der Waals surface area contributed by atoms with Crippen molar-refractivity contribution in [2.45, 2.75) is 71.3 Å². The Morgan fingerprint density at radius 1 is 0.373 bits per heavy atom. The quantitative estimate of drug-likeness (QED) is 0.0418. The van der Waals surface area contributed by atoms with Gasteiger partial charge in [0.25, 0.3) is 0 Å². The van der Waals surface area contributed by atoms with E-state index < -0.39 is 0 Å². The van der Waals surface area contributed by atoms with Gasteiger partial charge in [-0.1, -0.05) is 83.1 Å². The molecule has 19 rings (SSSR count). The Kier molecular flexibility index (Phi) is 41.5.